The van der Waals surface area contributed by atoms with Gasteiger partial charge >= 0.3 is 0 Å². The zero-order chi connectivity index (χ0) is 14.8. The Morgan fingerprint density at radius 1 is 1.29 bits per heavy atom. The second kappa shape index (κ2) is 5.82. The van der Waals surface area contributed by atoms with Gasteiger partial charge in [0.15, 0.2) is 0 Å². The maximum Gasteiger partial charge on any atom is 0.290 e. The number of likely N-dealkylation sites (N-methyl/N-ethyl adjacent to an activating group) is 1. The van der Waals surface area contributed by atoms with E-state index in [0.29, 0.717) is 16.5 Å². The third kappa shape index (κ3) is 3.22. The van der Waals surface area contributed by atoms with E-state index >= 15 is 0 Å². The number of rotatable bonds is 2. The Balaban J connectivity index is 1.79. The van der Waals surface area contributed by atoms with E-state index in [4.69, 9.17) is 0 Å². The summed E-state index contributed by atoms with van der Waals surface area (Å²) in [6, 6.07) is 1.73. The van der Waals surface area contributed by atoms with Crippen molar-refractivity contribution < 1.29 is 9.59 Å². The number of nitrogens with one attached hydrogen (secondary N) is 1. The van der Waals surface area contributed by atoms with Gasteiger partial charge in [-0.1, -0.05) is 0 Å². The van der Waals surface area contributed by atoms with Crippen molar-refractivity contribution >= 4 is 34.9 Å². The van der Waals surface area contributed by atoms with Gasteiger partial charge in [-0.2, -0.15) is 0 Å². The number of piperazine rings is 1. The summed E-state index contributed by atoms with van der Waals surface area (Å²) in [7, 11) is 2.09. The molecule has 2 fully saturated rings. The fraction of sp³-hybridized carbons (Fsp3) is 0.385. The molecule has 0 unspecified atom stereocenters. The van der Waals surface area contributed by atoms with Crippen molar-refractivity contribution in [3.05, 3.63) is 22.9 Å². The molecule has 7 nitrogen and oxygen atoms in total. The van der Waals surface area contributed by atoms with E-state index in [0.717, 1.165) is 37.9 Å². The predicted molar refractivity (Wildman–Crippen MR) is 80.8 cm³/mol. The second-order valence-corrected chi connectivity index (χ2v) is 5.94. The Hall–Kier alpha value is -1.93. The Morgan fingerprint density at radius 2 is 2.05 bits per heavy atom. The molecule has 3 rings (SSSR count). The summed E-state index contributed by atoms with van der Waals surface area (Å²) in [6.07, 6.45) is 3.29. The molecule has 0 spiro atoms. The minimum absolute atomic E-state index is 0.348. The highest BCUT2D eigenvalue weighted by Gasteiger charge is 2.25. The molecule has 1 N–H and O–H groups in total. The highest BCUT2D eigenvalue weighted by molar-refractivity contribution is 8.18. The van der Waals surface area contributed by atoms with Gasteiger partial charge in [-0.25, -0.2) is 9.97 Å². The van der Waals surface area contributed by atoms with Gasteiger partial charge in [-0.05, 0) is 31.0 Å². The lowest BCUT2D eigenvalue weighted by molar-refractivity contribution is -0.115. The van der Waals surface area contributed by atoms with Crippen LogP contribution < -0.4 is 10.2 Å². The lowest BCUT2D eigenvalue weighted by Gasteiger charge is -2.32. The normalized spacial score (nSPS) is 22.0. The largest absolute Gasteiger partial charge is 0.338 e. The molecular formula is C13H15N5O2S. The van der Waals surface area contributed by atoms with Gasteiger partial charge < -0.3 is 9.80 Å². The molecule has 0 bridgehead atoms. The third-order valence-electron chi connectivity index (χ3n) is 3.37. The van der Waals surface area contributed by atoms with E-state index in [1.165, 1.54) is 0 Å². The van der Waals surface area contributed by atoms with Gasteiger partial charge in [0.2, 0.25) is 5.95 Å². The van der Waals surface area contributed by atoms with Crippen LogP contribution >= 0.6 is 11.8 Å². The van der Waals surface area contributed by atoms with Crippen molar-refractivity contribution in [1.82, 2.24) is 20.2 Å². The van der Waals surface area contributed by atoms with Crippen molar-refractivity contribution in [1.29, 1.82) is 0 Å². The lowest BCUT2D eigenvalue weighted by atomic mass is 10.3. The average Bonchev–Trinajstić information content (AvgIpc) is 2.78. The number of hydrogen-bond acceptors (Lipinski definition) is 7. The molecule has 0 aromatic carbocycles. The van der Waals surface area contributed by atoms with Gasteiger partial charge in [-0.15, -0.1) is 0 Å². The van der Waals surface area contributed by atoms with Crippen molar-refractivity contribution in [2.45, 2.75) is 0 Å². The van der Waals surface area contributed by atoms with Gasteiger partial charge in [0.05, 0.1) is 10.6 Å². The van der Waals surface area contributed by atoms with Crippen molar-refractivity contribution in [3.8, 4) is 0 Å². The van der Waals surface area contributed by atoms with E-state index in [9.17, 15) is 9.59 Å². The Bertz CT molecular complexity index is 610. The minimum Gasteiger partial charge on any atom is -0.338 e. The number of amides is 2. The van der Waals surface area contributed by atoms with Crippen LogP contribution in [0.1, 0.15) is 5.69 Å². The second-order valence-electron chi connectivity index (χ2n) is 4.92. The minimum atomic E-state index is -0.371. The van der Waals surface area contributed by atoms with E-state index in [1.807, 2.05) is 0 Å². The molecule has 1 aromatic heterocycles. The van der Waals surface area contributed by atoms with Crippen LogP contribution in [0, 0.1) is 0 Å². The third-order valence-corrected chi connectivity index (χ3v) is 4.18. The maximum atomic E-state index is 11.5. The molecule has 2 saturated heterocycles. The van der Waals surface area contributed by atoms with Crippen LogP contribution in [0.25, 0.3) is 6.08 Å². The predicted octanol–water partition coefficient (Wildman–Crippen LogP) is 0.552. The van der Waals surface area contributed by atoms with Crippen LogP contribution in [-0.4, -0.2) is 59.2 Å². The van der Waals surface area contributed by atoms with Crippen LogP contribution in [0.4, 0.5) is 10.7 Å². The van der Waals surface area contributed by atoms with Crippen LogP contribution in [0.3, 0.4) is 0 Å². The summed E-state index contributed by atoms with van der Waals surface area (Å²) in [6.45, 7) is 3.71. The number of nitrogens with zero attached hydrogens (tertiary/aromatic N) is 4. The summed E-state index contributed by atoms with van der Waals surface area (Å²) < 4.78 is 0. The number of carbonyl (C=O) groups excluding carboxylic acids is 2. The van der Waals surface area contributed by atoms with Crippen LogP contribution in [0.15, 0.2) is 17.2 Å². The maximum absolute atomic E-state index is 11.5. The molecule has 2 amide bonds. The monoisotopic (exact) mass is 305 g/mol. The number of aromatic nitrogens is 2. The quantitative estimate of drug-likeness (QED) is 0.799. The molecule has 0 aliphatic carbocycles. The highest BCUT2D eigenvalue weighted by Crippen LogP contribution is 2.25. The van der Waals surface area contributed by atoms with Crippen molar-refractivity contribution in [3.63, 3.8) is 0 Å². The van der Waals surface area contributed by atoms with Crippen LogP contribution in [0.2, 0.25) is 0 Å². The SMILES string of the molecule is CN1CCN(c2nccc(/C=C3\SC(=O)NC3=O)n2)CC1. The van der Waals surface area contributed by atoms with E-state index in [2.05, 4.69) is 32.1 Å². The zero-order valence-electron chi connectivity index (χ0n) is 11.6. The van der Waals surface area contributed by atoms with Gasteiger partial charge in [0.25, 0.3) is 11.1 Å². The van der Waals surface area contributed by atoms with Gasteiger partial charge in [0.1, 0.15) is 0 Å². The Morgan fingerprint density at radius 3 is 2.71 bits per heavy atom. The number of anilines is 1. The van der Waals surface area contributed by atoms with E-state index < -0.39 is 0 Å². The summed E-state index contributed by atoms with van der Waals surface area (Å²) in [5.41, 5.74) is 0.631. The van der Waals surface area contributed by atoms with Gasteiger partial charge in [-0.3, -0.25) is 14.9 Å². The first kappa shape index (κ1) is 14.0. The standard InChI is InChI=1S/C13H15N5O2S/c1-17-4-6-18(7-5-17)12-14-3-2-9(15-12)8-10-11(19)16-13(20)21-10/h2-3,8H,4-7H2,1H3,(H,16,19,20)/b10-8-. The fourth-order valence-corrected chi connectivity index (χ4v) is 2.82. The molecule has 2 aliphatic rings. The first-order valence-electron chi connectivity index (χ1n) is 6.63. The molecule has 1 aromatic rings. The summed E-state index contributed by atoms with van der Waals surface area (Å²) in [5.74, 6) is 0.289. The Kier molecular flexibility index (Phi) is 3.89. The zero-order valence-corrected chi connectivity index (χ0v) is 12.4. The van der Waals surface area contributed by atoms with E-state index in [1.54, 1.807) is 18.3 Å². The smallest absolute Gasteiger partial charge is 0.290 e. The first-order valence-corrected chi connectivity index (χ1v) is 7.45. The molecule has 21 heavy (non-hydrogen) atoms. The molecule has 2 aliphatic heterocycles. The lowest BCUT2D eigenvalue weighted by Crippen LogP contribution is -2.45. The number of hydrogen-bond donors (Lipinski definition) is 1. The number of carbonyl (C=O) groups is 2. The molecular weight excluding hydrogens is 290 g/mol. The van der Waals surface area contributed by atoms with Crippen molar-refractivity contribution in [2.24, 2.45) is 0 Å². The summed E-state index contributed by atoms with van der Waals surface area (Å²) >= 11 is 0.891. The first-order chi connectivity index (χ1) is 10.1. The molecule has 8 heteroatoms. The Labute approximate surface area is 126 Å². The topological polar surface area (TPSA) is 78.4 Å². The highest BCUT2D eigenvalue weighted by atomic mass is 32.2. The molecule has 110 valence electrons. The average molecular weight is 305 g/mol. The van der Waals surface area contributed by atoms with E-state index in [-0.39, 0.29) is 11.1 Å². The number of imide groups is 1. The summed E-state index contributed by atoms with van der Waals surface area (Å²) in [5, 5.41) is 1.88. The van der Waals surface area contributed by atoms with Crippen LogP contribution in [0.5, 0.6) is 0 Å². The fourth-order valence-electron chi connectivity index (χ4n) is 2.16. The molecule has 0 atom stereocenters. The van der Waals surface area contributed by atoms with Crippen molar-refractivity contribution in [2.75, 3.05) is 38.1 Å². The molecule has 0 radical (unpaired) electrons. The summed E-state index contributed by atoms with van der Waals surface area (Å²) in [4.78, 5) is 36.2. The number of thioether (sulfide) groups is 1. The van der Waals surface area contributed by atoms with Gasteiger partial charge in [0, 0.05) is 32.4 Å². The molecule has 0 saturated carbocycles. The van der Waals surface area contributed by atoms with Crippen LogP contribution in [-0.2, 0) is 4.79 Å². The molecule has 3 heterocycles.